The van der Waals surface area contributed by atoms with E-state index in [1.807, 2.05) is 59.5 Å². The van der Waals surface area contributed by atoms with Crippen molar-refractivity contribution in [1.82, 2.24) is 4.90 Å². The van der Waals surface area contributed by atoms with Gasteiger partial charge < -0.3 is 19.3 Å². The van der Waals surface area contributed by atoms with E-state index in [-0.39, 0.29) is 29.0 Å². The van der Waals surface area contributed by atoms with Gasteiger partial charge >= 0.3 is 0 Å². The Morgan fingerprint density at radius 2 is 1.62 bits per heavy atom. The fraction of sp³-hybridized carbons (Fsp3) is 0.250. The van der Waals surface area contributed by atoms with E-state index in [2.05, 4.69) is 9.89 Å². The SMILES string of the molecule is COc1ccc(OC)c(/C=C2/N=C(SCC(=O)N3CCN(c4ccc(C(C)=O)cc4)CC3)N(c3ccccc3)C2=O)c1. The minimum atomic E-state index is -0.287. The molecule has 0 saturated carbocycles. The van der Waals surface area contributed by atoms with Gasteiger partial charge in [-0.2, -0.15) is 0 Å². The normalized spacial score (nSPS) is 16.1. The molecule has 216 valence electrons. The summed E-state index contributed by atoms with van der Waals surface area (Å²) in [5, 5.41) is 0.442. The van der Waals surface area contributed by atoms with Crippen molar-refractivity contribution in [3.05, 3.63) is 89.6 Å². The molecule has 0 atom stereocenters. The number of rotatable bonds is 8. The molecule has 1 fully saturated rings. The van der Waals surface area contributed by atoms with Crippen LogP contribution in [0.15, 0.2) is 83.5 Å². The maximum absolute atomic E-state index is 13.6. The molecule has 2 aliphatic rings. The zero-order valence-electron chi connectivity index (χ0n) is 23.8. The first kappa shape index (κ1) is 28.9. The van der Waals surface area contributed by atoms with Crippen LogP contribution in [0.3, 0.4) is 0 Å². The maximum Gasteiger partial charge on any atom is 0.283 e. The largest absolute Gasteiger partial charge is 0.497 e. The summed E-state index contributed by atoms with van der Waals surface area (Å²) in [4.78, 5) is 48.6. The van der Waals surface area contributed by atoms with E-state index in [4.69, 9.17) is 9.47 Å². The van der Waals surface area contributed by atoms with Crippen LogP contribution in [-0.4, -0.2) is 73.8 Å². The van der Waals surface area contributed by atoms with Crippen LogP contribution < -0.4 is 19.3 Å². The fourth-order valence-electron chi connectivity index (χ4n) is 4.84. The van der Waals surface area contributed by atoms with E-state index >= 15 is 0 Å². The summed E-state index contributed by atoms with van der Waals surface area (Å²) >= 11 is 1.25. The van der Waals surface area contributed by atoms with Gasteiger partial charge in [-0.25, -0.2) is 4.99 Å². The number of anilines is 2. The standard InChI is InChI=1S/C32H32N4O5S/c1-22(37)23-9-11-25(12-10-23)34-15-17-35(18-16-34)30(38)21-42-32-33-28(31(39)36(32)26-7-5-4-6-8-26)20-24-19-27(40-2)13-14-29(24)41-3/h4-14,19-20H,15-18,21H2,1-3H3/b28-20+. The van der Waals surface area contributed by atoms with Crippen molar-refractivity contribution < 1.29 is 23.9 Å². The van der Waals surface area contributed by atoms with Crippen molar-refractivity contribution >= 4 is 52.0 Å². The number of ether oxygens (including phenoxy) is 2. The first-order valence-corrected chi connectivity index (χ1v) is 14.5. The lowest BCUT2D eigenvalue weighted by atomic mass is 10.1. The average Bonchev–Trinajstić information content (AvgIpc) is 3.34. The number of thioether (sulfide) groups is 1. The summed E-state index contributed by atoms with van der Waals surface area (Å²) in [5.74, 6) is 1.11. The zero-order valence-corrected chi connectivity index (χ0v) is 24.6. The molecule has 5 rings (SSSR count). The van der Waals surface area contributed by atoms with Crippen LogP contribution in [0.25, 0.3) is 6.08 Å². The second-order valence-corrected chi connectivity index (χ2v) is 10.7. The van der Waals surface area contributed by atoms with Crippen molar-refractivity contribution in [1.29, 1.82) is 0 Å². The first-order chi connectivity index (χ1) is 20.4. The number of amidine groups is 1. The van der Waals surface area contributed by atoms with Crippen LogP contribution in [0.4, 0.5) is 11.4 Å². The van der Waals surface area contributed by atoms with Crippen LogP contribution in [0.1, 0.15) is 22.8 Å². The summed E-state index contributed by atoms with van der Waals surface area (Å²) in [6, 6.07) is 22.2. The van der Waals surface area contributed by atoms with Gasteiger partial charge in [-0.05, 0) is 67.6 Å². The van der Waals surface area contributed by atoms with Crippen LogP contribution in [0, 0.1) is 0 Å². The number of carbonyl (C=O) groups is 3. The Hall–Kier alpha value is -4.57. The van der Waals surface area contributed by atoms with Gasteiger partial charge in [-0.15, -0.1) is 0 Å². The Morgan fingerprint density at radius 3 is 2.26 bits per heavy atom. The lowest BCUT2D eigenvalue weighted by Crippen LogP contribution is -2.49. The fourth-order valence-corrected chi connectivity index (χ4v) is 5.75. The van der Waals surface area contributed by atoms with E-state index in [1.54, 1.807) is 50.3 Å². The molecule has 2 amide bonds. The third kappa shape index (κ3) is 6.33. The summed E-state index contributed by atoms with van der Waals surface area (Å²) in [5.41, 5.74) is 3.29. The van der Waals surface area contributed by atoms with Crippen molar-refractivity contribution in [2.45, 2.75) is 6.92 Å². The molecule has 0 N–H and O–H groups in total. The molecule has 1 saturated heterocycles. The van der Waals surface area contributed by atoms with E-state index in [0.29, 0.717) is 59.7 Å². The average molecular weight is 585 g/mol. The molecule has 2 heterocycles. The highest BCUT2D eigenvalue weighted by atomic mass is 32.2. The summed E-state index contributed by atoms with van der Waals surface area (Å²) in [6.45, 7) is 4.12. The molecule has 0 spiro atoms. The first-order valence-electron chi connectivity index (χ1n) is 13.6. The molecule has 0 aromatic heterocycles. The Bertz CT molecular complexity index is 1530. The number of benzene rings is 3. The molecular formula is C32H32N4O5S. The van der Waals surface area contributed by atoms with Gasteiger partial charge in [0.25, 0.3) is 5.91 Å². The topological polar surface area (TPSA) is 91.8 Å². The molecule has 3 aromatic rings. The molecule has 2 aliphatic heterocycles. The number of ketones is 1. The van der Waals surface area contributed by atoms with Crippen molar-refractivity contribution in [2.75, 3.05) is 56.0 Å². The quantitative estimate of drug-likeness (QED) is 0.279. The van der Waals surface area contributed by atoms with E-state index < -0.39 is 0 Å². The van der Waals surface area contributed by atoms with E-state index in [1.165, 1.54) is 11.8 Å². The van der Waals surface area contributed by atoms with Crippen molar-refractivity contribution in [3.8, 4) is 11.5 Å². The number of methoxy groups -OCH3 is 2. The van der Waals surface area contributed by atoms with Gasteiger partial charge in [-0.1, -0.05) is 30.0 Å². The smallest absolute Gasteiger partial charge is 0.283 e. The molecule has 0 bridgehead atoms. The number of nitrogens with zero attached hydrogens (tertiary/aromatic N) is 4. The molecule has 0 radical (unpaired) electrons. The van der Waals surface area contributed by atoms with Crippen LogP contribution in [0.5, 0.6) is 11.5 Å². The monoisotopic (exact) mass is 584 g/mol. The number of hydrogen-bond donors (Lipinski definition) is 0. The Labute approximate surface area is 249 Å². The van der Waals surface area contributed by atoms with Crippen LogP contribution in [-0.2, 0) is 9.59 Å². The predicted octanol–water partition coefficient (Wildman–Crippen LogP) is 4.73. The molecule has 3 aromatic carbocycles. The highest BCUT2D eigenvalue weighted by molar-refractivity contribution is 8.14. The number of amides is 2. The summed E-state index contributed by atoms with van der Waals surface area (Å²) in [6.07, 6.45) is 1.68. The molecule has 0 unspecified atom stereocenters. The van der Waals surface area contributed by atoms with Gasteiger partial charge in [0.2, 0.25) is 5.91 Å². The maximum atomic E-state index is 13.6. The van der Waals surface area contributed by atoms with Gasteiger partial charge in [0.1, 0.15) is 17.2 Å². The van der Waals surface area contributed by atoms with E-state index in [9.17, 15) is 14.4 Å². The highest BCUT2D eigenvalue weighted by Gasteiger charge is 2.33. The lowest BCUT2D eigenvalue weighted by molar-refractivity contribution is -0.128. The predicted molar refractivity (Wildman–Crippen MR) is 167 cm³/mol. The van der Waals surface area contributed by atoms with Crippen LogP contribution in [0.2, 0.25) is 0 Å². The Balaban J connectivity index is 1.29. The number of para-hydroxylation sites is 1. The zero-order chi connectivity index (χ0) is 29.6. The van der Waals surface area contributed by atoms with Crippen LogP contribution >= 0.6 is 11.8 Å². The third-order valence-corrected chi connectivity index (χ3v) is 8.09. The number of aliphatic imine (C=N–C) groups is 1. The summed E-state index contributed by atoms with van der Waals surface area (Å²) in [7, 11) is 3.14. The Kier molecular flexibility index (Phi) is 8.92. The number of piperazine rings is 1. The molecule has 9 nitrogen and oxygen atoms in total. The summed E-state index contributed by atoms with van der Waals surface area (Å²) < 4.78 is 10.8. The Morgan fingerprint density at radius 1 is 0.905 bits per heavy atom. The molecule has 0 aliphatic carbocycles. The van der Waals surface area contributed by atoms with Gasteiger partial charge in [0.15, 0.2) is 11.0 Å². The van der Waals surface area contributed by atoms with Crippen molar-refractivity contribution in [3.63, 3.8) is 0 Å². The van der Waals surface area contributed by atoms with Gasteiger partial charge in [0, 0.05) is 43.0 Å². The number of carbonyl (C=O) groups excluding carboxylic acids is 3. The molecule has 42 heavy (non-hydrogen) atoms. The van der Waals surface area contributed by atoms with E-state index in [0.717, 1.165) is 5.69 Å². The number of hydrogen-bond acceptors (Lipinski definition) is 8. The second-order valence-electron chi connectivity index (χ2n) is 9.77. The number of Topliss-reactive ketones (excluding diaryl/α,β-unsaturated/α-hetero) is 1. The highest BCUT2D eigenvalue weighted by Crippen LogP contribution is 2.32. The third-order valence-electron chi connectivity index (χ3n) is 7.17. The lowest BCUT2D eigenvalue weighted by Gasteiger charge is -2.36. The van der Waals surface area contributed by atoms with Gasteiger partial charge in [-0.3, -0.25) is 19.3 Å². The molecule has 10 heteroatoms. The molecular weight excluding hydrogens is 552 g/mol. The van der Waals surface area contributed by atoms with Crippen molar-refractivity contribution in [2.24, 2.45) is 4.99 Å². The minimum absolute atomic E-state index is 0.0124. The van der Waals surface area contributed by atoms with Gasteiger partial charge in [0.05, 0.1) is 25.7 Å². The minimum Gasteiger partial charge on any atom is -0.497 e. The second kappa shape index (κ2) is 12.9.